The Hall–Kier alpha value is -0.210. The van der Waals surface area contributed by atoms with Crippen molar-refractivity contribution in [3.05, 3.63) is 28.2 Å². The number of rotatable bonds is 10. The van der Waals surface area contributed by atoms with E-state index >= 15 is 0 Å². The molecule has 0 aliphatic heterocycles. The molecular formula is C16H24BrClO. The molecule has 1 nitrogen and oxygen atoms in total. The van der Waals surface area contributed by atoms with E-state index in [4.69, 9.17) is 16.3 Å². The van der Waals surface area contributed by atoms with Gasteiger partial charge in [0.15, 0.2) is 0 Å². The van der Waals surface area contributed by atoms with Crippen LogP contribution in [0.2, 0.25) is 0 Å². The molecule has 0 unspecified atom stereocenters. The summed E-state index contributed by atoms with van der Waals surface area (Å²) < 4.78 is 6.77. The summed E-state index contributed by atoms with van der Waals surface area (Å²) in [7, 11) is 0. The molecule has 0 amide bonds. The second kappa shape index (κ2) is 10.6. The number of alkyl halides is 1. The molecule has 0 N–H and O–H groups in total. The van der Waals surface area contributed by atoms with E-state index in [2.05, 4.69) is 22.9 Å². The standard InChI is InChI=1S/C16H24BrClO/c1-2-3-4-5-6-7-8-11-19-16-10-9-14(13-18)12-15(16)17/h9-10,12H,2-8,11,13H2,1H3. The molecule has 3 heteroatoms. The van der Waals surface area contributed by atoms with Crippen LogP contribution in [0.3, 0.4) is 0 Å². The molecule has 0 bridgehead atoms. The molecule has 0 aliphatic rings. The van der Waals surface area contributed by atoms with Gasteiger partial charge in [0.2, 0.25) is 0 Å². The third kappa shape index (κ3) is 7.22. The van der Waals surface area contributed by atoms with E-state index in [-0.39, 0.29) is 0 Å². The van der Waals surface area contributed by atoms with Crippen LogP contribution in [0.5, 0.6) is 5.75 Å². The molecule has 0 fully saturated rings. The van der Waals surface area contributed by atoms with Gasteiger partial charge in [0.05, 0.1) is 11.1 Å². The molecule has 0 heterocycles. The molecule has 0 aliphatic carbocycles. The van der Waals surface area contributed by atoms with Crippen molar-refractivity contribution >= 4 is 27.5 Å². The zero-order valence-corrected chi connectivity index (χ0v) is 14.1. The van der Waals surface area contributed by atoms with Crippen molar-refractivity contribution in [2.75, 3.05) is 6.61 Å². The molecule has 0 spiro atoms. The van der Waals surface area contributed by atoms with Gasteiger partial charge < -0.3 is 4.74 Å². The minimum absolute atomic E-state index is 0.538. The average Bonchev–Trinajstić information content (AvgIpc) is 2.43. The molecule has 0 atom stereocenters. The second-order valence-corrected chi connectivity index (χ2v) is 5.99. The summed E-state index contributed by atoms with van der Waals surface area (Å²) >= 11 is 9.30. The number of hydrogen-bond acceptors (Lipinski definition) is 1. The first kappa shape index (κ1) is 16.8. The Kier molecular flexibility index (Phi) is 9.36. The highest BCUT2D eigenvalue weighted by molar-refractivity contribution is 9.10. The predicted octanol–water partition coefficient (Wildman–Crippen LogP) is 6.32. The monoisotopic (exact) mass is 346 g/mol. The van der Waals surface area contributed by atoms with E-state index in [1.165, 1.54) is 38.5 Å². The van der Waals surface area contributed by atoms with Crippen LogP contribution in [0.15, 0.2) is 22.7 Å². The molecule has 0 radical (unpaired) electrons. The van der Waals surface area contributed by atoms with Gasteiger partial charge in [-0.1, -0.05) is 51.5 Å². The molecule has 1 rings (SSSR count). The lowest BCUT2D eigenvalue weighted by atomic mass is 10.1. The summed E-state index contributed by atoms with van der Waals surface area (Å²) in [6.07, 6.45) is 9.16. The molecular weight excluding hydrogens is 324 g/mol. The van der Waals surface area contributed by atoms with Crippen molar-refractivity contribution in [2.24, 2.45) is 0 Å². The normalized spacial score (nSPS) is 10.7. The van der Waals surface area contributed by atoms with Crippen molar-refractivity contribution in [1.82, 2.24) is 0 Å². The molecule has 0 saturated carbocycles. The van der Waals surface area contributed by atoms with Crippen molar-refractivity contribution < 1.29 is 4.74 Å². The number of unbranched alkanes of at least 4 members (excludes halogenated alkanes) is 6. The number of ether oxygens (including phenoxy) is 1. The number of halogens is 2. The lowest BCUT2D eigenvalue weighted by Gasteiger charge is -2.09. The Morgan fingerprint density at radius 1 is 1.05 bits per heavy atom. The lowest BCUT2D eigenvalue weighted by Crippen LogP contribution is -1.98. The first-order valence-corrected chi connectivity index (χ1v) is 8.58. The van der Waals surface area contributed by atoms with Crippen LogP contribution < -0.4 is 4.74 Å². The first-order chi connectivity index (χ1) is 9.27. The largest absolute Gasteiger partial charge is 0.492 e. The average molecular weight is 348 g/mol. The summed E-state index contributed by atoms with van der Waals surface area (Å²) in [5, 5.41) is 0. The maximum absolute atomic E-state index is 5.79. The van der Waals surface area contributed by atoms with Crippen LogP contribution in [0.4, 0.5) is 0 Å². The second-order valence-electron chi connectivity index (χ2n) is 4.87. The van der Waals surface area contributed by atoms with Crippen molar-refractivity contribution in [3.63, 3.8) is 0 Å². The van der Waals surface area contributed by atoms with Gasteiger partial charge in [0.25, 0.3) is 0 Å². The van der Waals surface area contributed by atoms with Crippen LogP contribution >= 0.6 is 27.5 Å². The van der Waals surface area contributed by atoms with Gasteiger partial charge in [-0.2, -0.15) is 0 Å². The minimum Gasteiger partial charge on any atom is -0.492 e. The number of hydrogen-bond donors (Lipinski definition) is 0. The SMILES string of the molecule is CCCCCCCCCOc1ccc(CCl)cc1Br. The Balaban J connectivity index is 2.12. The quantitative estimate of drug-likeness (QED) is 0.355. The van der Waals surface area contributed by atoms with Crippen molar-refractivity contribution in [1.29, 1.82) is 0 Å². The molecule has 1 aromatic carbocycles. The molecule has 0 aromatic heterocycles. The van der Waals surface area contributed by atoms with Crippen LogP contribution in [0.25, 0.3) is 0 Å². The predicted molar refractivity (Wildman–Crippen MR) is 87.2 cm³/mol. The van der Waals surface area contributed by atoms with Gasteiger partial charge >= 0.3 is 0 Å². The Morgan fingerprint density at radius 3 is 2.37 bits per heavy atom. The number of benzene rings is 1. The molecule has 108 valence electrons. The maximum Gasteiger partial charge on any atom is 0.133 e. The van der Waals surface area contributed by atoms with Crippen molar-refractivity contribution in [2.45, 2.75) is 57.7 Å². The highest BCUT2D eigenvalue weighted by Crippen LogP contribution is 2.26. The van der Waals surface area contributed by atoms with Crippen molar-refractivity contribution in [3.8, 4) is 5.75 Å². The van der Waals surface area contributed by atoms with E-state index < -0.39 is 0 Å². The Bertz CT molecular complexity index is 355. The summed E-state index contributed by atoms with van der Waals surface area (Å²) in [4.78, 5) is 0. The molecule has 1 aromatic rings. The van der Waals surface area contributed by atoms with Gasteiger partial charge in [0, 0.05) is 5.88 Å². The summed E-state index contributed by atoms with van der Waals surface area (Å²) in [6.45, 7) is 3.05. The first-order valence-electron chi connectivity index (χ1n) is 7.25. The third-order valence-corrected chi connectivity index (χ3v) is 4.08. The van der Waals surface area contributed by atoms with Gasteiger partial charge in [-0.15, -0.1) is 11.6 Å². The molecule has 19 heavy (non-hydrogen) atoms. The fourth-order valence-corrected chi connectivity index (χ4v) is 2.69. The Morgan fingerprint density at radius 2 is 1.74 bits per heavy atom. The zero-order valence-electron chi connectivity index (χ0n) is 11.8. The summed E-state index contributed by atoms with van der Waals surface area (Å²) in [5.74, 6) is 1.45. The van der Waals surface area contributed by atoms with Gasteiger partial charge in [0.1, 0.15) is 5.75 Å². The summed E-state index contributed by atoms with van der Waals surface area (Å²) in [5.41, 5.74) is 1.11. The van der Waals surface area contributed by atoms with E-state index in [0.717, 1.165) is 28.8 Å². The van der Waals surface area contributed by atoms with E-state index in [9.17, 15) is 0 Å². The van der Waals surface area contributed by atoms with Gasteiger partial charge in [-0.05, 0) is 40.0 Å². The fraction of sp³-hybridized carbons (Fsp3) is 0.625. The topological polar surface area (TPSA) is 9.23 Å². The van der Waals surface area contributed by atoms with Gasteiger partial charge in [-0.25, -0.2) is 0 Å². The highest BCUT2D eigenvalue weighted by Gasteiger charge is 2.02. The van der Waals surface area contributed by atoms with Gasteiger partial charge in [-0.3, -0.25) is 0 Å². The Labute approximate surface area is 130 Å². The lowest BCUT2D eigenvalue weighted by molar-refractivity contribution is 0.302. The fourth-order valence-electron chi connectivity index (χ4n) is 1.99. The van der Waals surface area contributed by atoms with E-state index in [1.54, 1.807) is 0 Å². The van der Waals surface area contributed by atoms with E-state index in [1.807, 2.05) is 18.2 Å². The maximum atomic E-state index is 5.79. The smallest absolute Gasteiger partial charge is 0.133 e. The third-order valence-electron chi connectivity index (χ3n) is 3.16. The van der Waals surface area contributed by atoms with Crippen LogP contribution in [-0.4, -0.2) is 6.61 Å². The van der Waals surface area contributed by atoms with Crippen LogP contribution in [0.1, 0.15) is 57.4 Å². The molecule has 0 saturated heterocycles. The zero-order chi connectivity index (χ0) is 13.9. The van der Waals surface area contributed by atoms with Crippen LogP contribution in [0, 0.1) is 0 Å². The highest BCUT2D eigenvalue weighted by atomic mass is 79.9. The summed E-state index contributed by atoms with van der Waals surface area (Å²) in [6, 6.07) is 6.02. The van der Waals surface area contributed by atoms with E-state index in [0.29, 0.717) is 5.88 Å². The van der Waals surface area contributed by atoms with Crippen LogP contribution in [-0.2, 0) is 5.88 Å². The minimum atomic E-state index is 0.538.